The fourth-order valence-corrected chi connectivity index (χ4v) is 5.49. The van der Waals surface area contributed by atoms with Gasteiger partial charge in [-0.1, -0.05) is 19.1 Å². The van der Waals surface area contributed by atoms with Crippen LogP contribution in [0.5, 0.6) is 0 Å². The molecule has 3 aliphatic rings. The molecule has 0 aromatic carbocycles. The molecule has 0 bridgehead atoms. The highest BCUT2D eigenvalue weighted by atomic mass is 32.2. The van der Waals surface area contributed by atoms with Crippen LogP contribution < -0.4 is 0 Å². The van der Waals surface area contributed by atoms with Gasteiger partial charge in [-0.3, -0.25) is 19.4 Å². The van der Waals surface area contributed by atoms with Crippen molar-refractivity contribution in [2.24, 2.45) is 11.8 Å². The quantitative estimate of drug-likeness (QED) is 0.552. The van der Waals surface area contributed by atoms with Gasteiger partial charge in [-0.2, -0.15) is 0 Å². The molecule has 0 saturated carbocycles. The number of amides is 2. The van der Waals surface area contributed by atoms with E-state index in [0.29, 0.717) is 25.8 Å². The Hall–Kier alpha value is -1.21. The highest BCUT2D eigenvalue weighted by molar-refractivity contribution is 7.91. The van der Waals surface area contributed by atoms with Crippen LogP contribution in [0.4, 0.5) is 0 Å². The van der Waals surface area contributed by atoms with Crippen LogP contribution >= 0.6 is 0 Å². The SMILES string of the molecule is CCN(CN1C(=O)[C@@H]2CC=CC[C@H]2C1=O)[C@@H]1CCS(=O)(=O)C1. The third-order valence-electron chi connectivity index (χ3n) is 5.05. The summed E-state index contributed by atoms with van der Waals surface area (Å²) in [5.74, 6) is -0.305. The third-order valence-corrected chi connectivity index (χ3v) is 6.80. The molecule has 3 atom stereocenters. The molecule has 1 aliphatic carbocycles. The van der Waals surface area contributed by atoms with Crippen LogP contribution in [0.3, 0.4) is 0 Å². The van der Waals surface area contributed by atoms with Gasteiger partial charge in [-0.25, -0.2) is 8.42 Å². The lowest BCUT2D eigenvalue weighted by Gasteiger charge is -2.30. The molecule has 122 valence electrons. The van der Waals surface area contributed by atoms with Gasteiger partial charge >= 0.3 is 0 Å². The minimum Gasteiger partial charge on any atom is -0.282 e. The Kier molecular flexibility index (Phi) is 4.11. The number of allylic oxidation sites excluding steroid dienone is 2. The zero-order valence-corrected chi connectivity index (χ0v) is 13.6. The molecular weight excluding hydrogens is 304 g/mol. The number of carbonyl (C=O) groups excluding carboxylic acids is 2. The third kappa shape index (κ3) is 2.72. The Bertz CT molecular complexity index is 587. The van der Waals surface area contributed by atoms with E-state index in [2.05, 4.69) is 0 Å². The van der Waals surface area contributed by atoms with Crippen molar-refractivity contribution < 1.29 is 18.0 Å². The molecule has 2 fully saturated rings. The molecule has 0 radical (unpaired) electrons. The fourth-order valence-electron chi connectivity index (χ4n) is 3.73. The second kappa shape index (κ2) is 5.77. The Morgan fingerprint density at radius 2 is 1.77 bits per heavy atom. The summed E-state index contributed by atoms with van der Waals surface area (Å²) in [6.07, 6.45) is 5.79. The molecule has 22 heavy (non-hydrogen) atoms. The molecule has 6 nitrogen and oxygen atoms in total. The second-order valence-corrected chi connectivity index (χ2v) is 8.59. The van der Waals surface area contributed by atoms with Crippen molar-refractivity contribution in [3.8, 4) is 0 Å². The van der Waals surface area contributed by atoms with Crippen LogP contribution in [0.25, 0.3) is 0 Å². The first-order valence-corrected chi connectivity index (χ1v) is 9.70. The topological polar surface area (TPSA) is 74.8 Å². The van der Waals surface area contributed by atoms with Gasteiger partial charge in [-0.05, 0) is 25.8 Å². The second-order valence-electron chi connectivity index (χ2n) is 6.36. The van der Waals surface area contributed by atoms with Crippen molar-refractivity contribution in [2.45, 2.75) is 32.2 Å². The maximum Gasteiger partial charge on any atom is 0.234 e. The van der Waals surface area contributed by atoms with Crippen LogP contribution in [-0.2, 0) is 19.4 Å². The van der Waals surface area contributed by atoms with Crippen molar-refractivity contribution in [2.75, 3.05) is 24.7 Å². The molecule has 2 aliphatic heterocycles. The van der Waals surface area contributed by atoms with E-state index in [-0.39, 0.29) is 47.9 Å². The number of rotatable bonds is 4. The molecule has 0 aromatic heterocycles. The molecule has 0 unspecified atom stereocenters. The van der Waals surface area contributed by atoms with E-state index in [4.69, 9.17) is 0 Å². The van der Waals surface area contributed by atoms with E-state index in [1.807, 2.05) is 24.0 Å². The van der Waals surface area contributed by atoms with E-state index < -0.39 is 9.84 Å². The lowest BCUT2D eigenvalue weighted by atomic mass is 9.85. The van der Waals surface area contributed by atoms with Gasteiger partial charge in [0.15, 0.2) is 9.84 Å². The van der Waals surface area contributed by atoms with Gasteiger partial charge in [0, 0.05) is 6.04 Å². The van der Waals surface area contributed by atoms with Gasteiger partial charge in [0.25, 0.3) is 0 Å². The van der Waals surface area contributed by atoms with Crippen LogP contribution in [0, 0.1) is 11.8 Å². The Morgan fingerprint density at radius 3 is 2.23 bits per heavy atom. The molecule has 2 heterocycles. The predicted octanol–water partition coefficient (Wildman–Crippen LogP) is 0.404. The summed E-state index contributed by atoms with van der Waals surface area (Å²) in [6.45, 7) is 2.79. The maximum atomic E-state index is 12.5. The van der Waals surface area contributed by atoms with Crippen LogP contribution in [0.2, 0.25) is 0 Å². The van der Waals surface area contributed by atoms with Gasteiger partial charge < -0.3 is 0 Å². The largest absolute Gasteiger partial charge is 0.282 e. The van der Waals surface area contributed by atoms with Gasteiger partial charge in [0.1, 0.15) is 0 Å². The Labute approximate surface area is 131 Å². The van der Waals surface area contributed by atoms with Gasteiger partial charge in [0.05, 0.1) is 30.0 Å². The Morgan fingerprint density at radius 1 is 1.18 bits per heavy atom. The minimum atomic E-state index is -2.97. The molecule has 7 heteroatoms. The van der Waals surface area contributed by atoms with Crippen LogP contribution in [0.15, 0.2) is 12.2 Å². The van der Waals surface area contributed by atoms with E-state index in [1.54, 1.807) is 0 Å². The Balaban J connectivity index is 1.72. The molecule has 0 aromatic rings. The lowest BCUT2D eigenvalue weighted by molar-refractivity contribution is -0.142. The number of hydrogen-bond donors (Lipinski definition) is 0. The van der Waals surface area contributed by atoms with E-state index in [1.165, 1.54) is 4.90 Å². The number of likely N-dealkylation sites (tertiary alicyclic amines) is 1. The van der Waals surface area contributed by atoms with E-state index in [0.717, 1.165) is 0 Å². The zero-order valence-electron chi connectivity index (χ0n) is 12.8. The van der Waals surface area contributed by atoms with E-state index in [9.17, 15) is 18.0 Å². The van der Waals surface area contributed by atoms with Crippen molar-refractivity contribution in [3.63, 3.8) is 0 Å². The minimum absolute atomic E-state index is 0.0867. The average molecular weight is 326 g/mol. The molecule has 0 N–H and O–H groups in total. The fraction of sp³-hybridized carbons (Fsp3) is 0.733. The summed E-state index contributed by atoms with van der Waals surface area (Å²) in [5, 5.41) is 0. The summed E-state index contributed by atoms with van der Waals surface area (Å²) >= 11 is 0. The molecular formula is C15H22N2O4S. The van der Waals surface area contributed by atoms with Crippen molar-refractivity contribution >= 4 is 21.7 Å². The number of carbonyl (C=O) groups is 2. The molecule has 2 saturated heterocycles. The highest BCUT2D eigenvalue weighted by Crippen LogP contribution is 2.35. The molecule has 0 spiro atoms. The van der Waals surface area contributed by atoms with Crippen molar-refractivity contribution in [3.05, 3.63) is 12.2 Å². The summed E-state index contributed by atoms with van der Waals surface area (Å²) in [6, 6.07) is -0.0867. The maximum absolute atomic E-state index is 12.5. The number of imide groups is 1. The zero-order chi connectivity index (χ0) is 15.9. The van der Waals surface area contributed by atoms with Crippen molar-refractivity contribution in [1.29, 1.82) is 0 Å². The van der Waals surface area contributed by atoms with Crippen molar-refractivity contribution in [1.82, 2.24) is 9.80 Å². The molecule has 3 rings (SSSR count). The summed E-state index contributed by atoms with van der Waals surface area (Å²) < 4.78 is 23.3. The number of sulfone groups is 1. The normalized spacial score (nSPS) is 33.7. The standard InChI is InChI=1S/C15H22N2O4S/c1-2-16(11-7-8-22(20,21)9-11)10-17-14(18)12-5-3-4-6-13(12)15(17)19/h3-4,11-13H,2,5-10H2,1H3/t11-,12-,13-/m1/s1. The first-order valence-electron chi connectivity index (χ1n) is 7.87. The molecule has 2 amide bonds. The first-order chi connectivity index (χ1) is 10.4. The van der Waals surface area contributed by atoms with E-state index >= 15 is 0 Å². The van der Waals surface area contributed by atoms with Crippen LogP contribution in [0.1, 0.15) is 26.2 Å². The lowest BCUT2D eigenvalue weighted by Crippen LogP contribution is -2.46. The van der Waals surface area contributed by atoms with Gasteiger partial charge in [-0.15, -0.1) is 0 Å². The average Bonchev–Trinajstić information content (AvgIpc) is 2.97. The smallest absolute Gasteiger partial charge is 0.234 e. The first kappa shape index (κ1) is 15.7. The number of nitrogens with zero attached hydrogens (tertiary/aromatic N) is 2. The number of hydrogen-bond acceptors (Lipinski definition) is 5. The summed E-state index contributed by atoms with van der Waals surface area (Å²) in [7, 11) is -2.97. The summed E-state index contributed by atoms with van der Waals surface area (Å²) in [5.41, 5.74) is 0. The van der Waals surface area contributed by atoms with Gasteiger partial charge in [0.2, 0.25) is 11.8 Å². The highest BCUT2D eigenvalue weighted by Gasteiger charge is 2.48. The number of fused-ring (bicyclic) bond motifs is 1. The summed E-state index contributed by atoms with van der Waals surface area (Å²) in [4.78, 5) is 28.2. The predicted molar refractivity (Wildman–Crippen MR) is 81.5 cm³/mol. The monoisotopic (exact) mass is 326 g/mol. The van der Waals surface area contributed by atoms with Crippen LogP contribution in [-0.4, -0.2) is 60.8 Å².